The second-order valence-electron chi connectivity index (χ2n) is 19.5. The number of carbonyl (C=O) groups excluding carboxylic acids is 3. The van der Waals surface area contributed by atoms with E-state index in [1.165, 1.54) is 25.7 Å². The number of rotatable bonds is 50. The van der Waals surface area contributed by atoms with Crippen LogP contribution in [0.4, 0.5) is 0 Å². The van der Waals surface area contributed by atoms with Gasteiger partial charge < -0.3 is 33.3 Å². The van der Waals surface area contributed by atoms with E-state index in [2.05, 4.69) is 148 Å². The second-order valence-corrected chi connectivity index (χ2v) is 19.5. The average molecular weight is 1010 g/mol. The Morgan fingerprint density at radius 2 is 0.781 bits per heavy atom. The summed E-state index contributed by atoms with van der Waals surface area (Å²) < 4.78 is 22.6. The van der Waals surface area contributed by atoms with Gasteiger partial charge in [0.15, 0.2) is 12.4 Å². The first-order valence-electron chi connectivity index (χ1n) is 28.3. The summed E-state index contributed by atoms with van der Waals surface area (Å²) in [5.74, 6) is -2.34. The molecule has 9 nitrogen and oxygen atoms in total. The molecule has 2 atom stereocenters. The average Bonchev–Trinajstić information content (AvgIpc) is 3.36. The third-order valence-electron chi connectivity index (χ3n) is 11.4. The summed E-state index contributed by atoms with van der Waals surface area (Å²) in [5.41, 5.74) is 0. The summed E-state index contributed by atoms with van der Waals surface area (Å²) in [6.45, 7) is 4.50. The van der Waals surface area contributed by atoms with Gasteiger partial charge >= 0.3 is 11.9 Å². The molecule has 0 fully saturated rings. The highest BCUT2D eigenvalue weighted by atomic mass is 16.7. The fraction of sp³-hybridized carbons (Fsp3) is 0.609. The van der Waals surface area contributed by atoms with E-state index < -0.39 is 24.3 Å². The monoisotopic (exact) mass is 1010 g/mol. The van der Waals surface area contributed by atoms with E-state index in [4.69, 9.17) is 18.9 Å². The number of likely N-dealkylation sites (N-methyl/N-ethyl adjacent to an activating group) is 1. The van der Waals surface area contributed by atoms with E-state index in [0.29, 0.717) is 23.9 Å². The highest BCUT2D eigenvalue weighted by Crippen LogP contribution is 2.13. The van der Waals surface area contributed by atoms with E-state index in [0.717, 1.165) is 128 Å². The van der Waals surface area contributed by atoms with Crippen LogP contribution in [0, 0.1) is 0 Å². The predicted octanol–water partition coefficient (Wildman–Crippen LogP) is 15.3. The fourth-order valence-corrected chi connectivity index (χ4v) is 7.03. The zero-order chi connectivity index (χ0) is 53.4. The van der Waals surface area contributed by atoms with Crippen LogP contribution in [-0.4, -0.2) is 82.3 Å². The molecule has 0 amide bonds. The minimum absolute atomic E-state index is 0.136. The first-order valence-corrected chi connectivity index (χ1v) is 28.3. The van der Waals surface area contributed by atoms with Gasteiger partial charge in [0, 0.05) is 12.8 Å². The SMILES string of the molecule is CC/C=C\C/C=C\C/C=C\C/C=C\C/C=C\C/C=C\C/C=C\C/C=C\C/C=C\CCCCCCCCCC(=O)OC(COC(=O)CCCCCCC/C=C\C/C=C\CCC)COC(OCC[N+](C)(C)C)C(=O)[O-]. The molecule has 0 bridgehead atoms. The number of carboxylic acid groups (broad SMARTS) is 1. The minimum Gasteiger partial charge on any atom is -0.545 e. The molecule has 0 spiro atoms. The van der Waals surface area contributed by atoms with Gasteiger partial charge in [-0.1, -0.05) is 205 Å². The van der Waals surface area contributed by atoms with Gasteiger partial charge in [-0.05, 0) is 109 Å². The van der Waals surface area contributed by atoms with Gasteiger partial charge in [-0.3, -0.25) is 9.59 Å². The number of nitrogens with zero attached hydrogens (tertiary/aromatic N) is 1. The first kappa shape index (κ1) is 68.4. The van der Waals surface area contributed by atoms with Crippen LogP contribution in [0.25, 0.3) is 0 Å². The summed E-state index contributed by atoms with van der Waals surface area (Å²) in [7, 11) is 5.89. The Labute approximate surface area is 446 Å². The van der Waals surface area contributed by atoms with Crippen LogP contribution in [0.3, 0.4) is 0 Å². The van der Waals surface area contributed by atoms with Gasteiger partial charge in [0.05, 0.1) is 40.3 Å². The van der Waals surface area contributed by atoms with Crippen molar-refractivity contribution in [3.05, 3.63) is 134 Å². The molecule has 0 saturated carbocycles. The summed E-state index contributed by atoms with van der Waals surface area (Å²) in [5, 5.41) is 11.7. The molecular formula is C64H103NO8. The number of carboxylic acids is 1. The fourth-order valence-electron chi connectivity index (χ4n) is 7.03. The highest BCUT2D eigenvalue weighted by molar-refractivity contribution is 5.70. The van der Waals surface area contributed by atoms with Crippen LogP contribution >= 0.6 is 0 Å². The molecule has 0 saturated heterocycles. The maximum atomic E-state index is 12.8. The molecule has 0 aromatic heterocycles. The van der Waals surface area contributed by atoms with Crippen molar-refractivity contribution in [1.82, 2.24) is 0 Å². The van der Waals surface area contributed by atoms with Crippen molar-refractivity contribution >= 4 is 17.9 Å². The van der Waals surface area contributed by atoms with Crippen molar-refractivity contribution in [2.24, 2.45) is 0 Å². The number of esters is 2. The van der Waals surface area contributed by atoms with Crippen LogP contribution < -0.4 is 5.11 Å². The summed E-state index contributed by atoms with van der Waals surface area (Å²) in [6, 6.07) is 0. The van der Waals surface area contributed by atoms with E-state index in [9.17, 15) is 19.5 Å². The van der Waals surface area contributed by atoms with Crippen LogP contribution in [0.5, 0.6) is 0 Å². The number of hydrogen-bond donors (Lipinski definition) is 0. The van der Waals surface area contributed by atoms with Crippen molar-refractivity contribution in [3.63, 3.8) is 0 Å². The minimum atomic E-state index is -1.64. The number of allylic oxidation sites excluding steroid dienone is 22. The molecule has 73 heavy (non-hydrogen) atoms. The normalized spacial score (nSPS) is 13.8. The smallest absolute Gasteiger partial charge is 0.306 e. The lowest BCUT2D eigenvalue weighted by Crippen LogP contribution is -2.44. The van der Waals surface area contributed by atoms with Crippen LogP contribution in [0.2, 0.25) is 0 Å². The predicted molar refractivity (Wildman–Crippen MR) is 306 cm³/mol. The maximum absolute atomic E-state index is 12.8. The van der Waals surface area contributed by atoms with Gasteiger partial charge in [-0.25, -0.2) is 0 Å². The zero-order valence-electron chi connectivity index (χ0n) is 46.7. The molecule has 0 aromatic carbocycles. The number of ether oxygens (including phenoxy) is 4. The van der Waals surface area contributed by atoms with E-state index in [1.807, 2.05) is 21.1 Å². The van der Waals surface area contributed by atoms with Crippen molar-refractivity contribution < 1.29 is 42.9 Å². The molecule has 0 aliphatic heterocycles. The van der Waals surface area contributed by atoms with Crippen molar-refractivity contribution in [1.29, 1.82) is 0 Å². The molecule has 412 valence electrons. The number of aliphatic carboxylic acids is 1. The van der Waals surface area contributed by atoms with Gasteiger partial charge in [0.2, 0.25) is 0 Å². The molecule has 0 aliphatic carbocycles. The second kappa shape index (κ2) is 53.7. The Morgan fingerprint density at radius 1 is 0.425 bits per heavy atom. The number of unbranched alkanes of at least 4 members (excludes halogenated alkanes) is 13. The van der Waals surface area contributed by atoms with Crippen molar-refractivity contribution in [3.8, 4) is 0 Å². The molecule has 9 heteroatoms. The van der Waals surface area contributed by atoms with E-state index in [-0.39, 0.29) is 38.6 Å². The lowest BCUT2D eigenvalue weighted by atomic mass is 10.1. The summed E-state index contributed by atoms with van der Waals surface area (Å²) in [6.07, 6.45) is 73.6. The van der Waals surface area contributed by atoms with E-state index in [1.54, 1.807) is 0 Å². The third-order valence-corrected chi connectivity index (χ3v) is 11.4. The quantitative estimate of drug-likeness (QED) is 0.0195. The molecule has 0 aliphatic rings. The molecule has 0 radical (unpaired) electrons. The standard InChI is InChI=1S/C64H103NO8/c1-6-8-10-12-14-16-18-20-21-22-23-24-25-26-27-28-29-30-31-32-33-34-35-36-37-38-39-40-41-43-45-47-49-51-53-55-62(67)73-60(59-72-64(63(68)69)70-57-56-65(3,4)5)58-71-61(66)54-52-50-48-46-44-42-19-17-15-13-11-9-7-2/h8,10-11,13-14,16-17,19-21,23-24,26-27,29-30,32-33,35-36,38-39,60,64H,6-7,9,12,15,18,22,25,28,31,34,37,40-59H2,1-5H3/b10-8-,13-11-,16-14-,19-17-,21-20-,24-23-,27-26-,30-29-,33-32-,36-35-,39-38-. The van der Waals surface area contributed by atoms with E-state index >= 15 is 0 Å². The molecule has 0 rings (SSSR count). The molecule has 0 aromatic rings. The topological polar surface area (TPSA) is 111 Å². The Kier molecular flexibility index (Phi) is 50.4. The van der Waals surface area contributed by atoms with Gasteiger partial charge in [0.1, 0.15) is 13.2 Å². The maximum Gasteiger partial charge on any atom is 0.306 e. The van der Waals surface area contributed by atoms with Crippen LogP contribution in [0.15, 0.2) is 134 Å². The van der Waals surface area contributed by atoms with Crippen LogP contribution in [-0.2, 0) is 33.3 Å². The summed E-state index contributed by atoms with van der Waals surface area (Å²) in [4.78, 5) is 37.2. The first-order chi connectivity index (χ1) is 35.6. The summed E-state index contributed by atoms with van der Waals surface area (Å²) >= 11 is 0. The third kappa shape index (κ3) is 55.0. The largest absolute Gasteiger partial charge is 0.545 e. The van der Waals surface area contributed by atoms with Crippen molar-refractivity contribution in [2.45, 2.75) is 206 Å². The van der Waals surface area contributed by atoms with Crippen LogP contribution in [0.1, 0.15) is 194 Å². The number of quaternary nitrogens is 1. The Morgan fingerprint density at radius 3 is 1.16 bits per heavy atom. The van der Waals surface area contributed by atoms with Crippen molar-refractivity contribution in [2.75, 3.05) is 47.5 Å². The Balaban J connectivity index is 4.25. The lowest BCUT2D eigenvalue weighted by molar-refractivity contribution is -0.870. The highest BCUT2D eigenvalue weighted by Gasteiger charge is 2.22. The molecule has 2 unspecified atom stereocenters. The Bertz CT molecular complexity index is 1650. The Hall–Kier alpha value is -4.57. The number of carbonyl (C=O) groups is 3. The lowest BCUT2D eigenvalue weighted by Gasteiger charge is -2.26. The molecular weight excluding hydrogens is 911 g/mol. The molecule has 0 N–H and O–H groups in total. The number of hydrogen-bond acceptors (Lipinski definition) is 8. The van der Waals surface area contributed by atoms with Gasteiger partial charge in [-0.15, -0.1) is 0 Å². The molecule has 0 heterocycles. The zero-order valence-corrected chi connectivity index (χ0v) is 46.7. The van der Waals surface area contributed by atoms with Gasteiger partial charge in [0.25, 0.3) is 0 Å². The van der Waals surface area contributed by atoms with Gasteiger partial charge in [-0.2, -0.15) is 0 Å².